The van der Waals surface area contributed by atoms with Crippen LogP contribution in [0.25, 0.3) is 0 Å². The van der Waals surface area contributed by atoms with Crippen molar-refractivity contribution >= 4 is 10.0 Å². The van der Waals surface area contributed by atoms with Gasteiger partial charge in [-0.2, -0.15) is 0 Å². The summed E-state index contributed by atoms with van der Waals surface area (Å²) in [5.41, 5.74) is 0. The molecule has 2 fully saturated rings. The predicted octanol–water partition coefficient (Wildman–Crippen LogP) is 1.38. The summed E-state index contributed by atoms with van der Waals surface area (Å²) in [6, 6.07) is 0.150. The van der Waals surface area contributed by atoms with E-state index in [0.717, 1.165) is 58.0 Å². The SMILES string of the molecule is O=S(=O)(NC1CCCNCC1)C1CCCCC1. The summed E-state index contributed by atoms with van der Waals surface area (Å²) in [6.07, 6.45) is 7.98. The van der Waals surface area contributed by atoms with Crippen molar-refractivity contribution in [3.05, 3.63) is 0 Å². The molecule has 0 amide bonds. The fourth-order valence-corrected chi connectivity index (χ4v) is 4.69. The molecule has 0 spiro atoms. The summed E-state index contributed by atoms with van der Waals surface area (Å²) >= 11 is 0. The standard InChI is InChI=1S/C12H24N2O2S/c15-17(16,12-6-2-1-3-7-12)14-11-5-4-9-13-10-8-11/h11-14H,1-10H2. The molecular weight excluding hydrogens is 236 g/mol. The molecule has 4 nitrogen and oxygen atoms in total. The molecule has 2 N–H and O–H groups in total. The molecular formula is C12H24N2O2S. The first-order valence-electron chi connectivity index (χ1n) is 6.90. The van der Waals surface area contributed by atoms with Crippen LogP contribution in [0.4, 0.5) is 0 Å². The summed E-state index contributed by atoms with van der Waals surface area (Å²) in [5.74, 6) is 0. The van der Waals surface area contributed by atoms with E-state index in [2.05, 4.69) is 10.0 Å². The van der Waals surface area contributed by atoms with E-state index in [9.17, 15) is 8.42 Å². The number of hydrogen-bond acceptors (Lipinski definition) is 3. The highest BCUT2D eigenvalue weighted by atomic mass is 32.2. The van der Waals surface area contributed by atoms with Crippen LogP contribution in [0.1, 0.15) is 51.4 Å². The normalized spacial score (nSPS) is 28.8. The first kappa shape index (κ1) is 13.3. The Morgan fingerprint density at radius 2 is 1.65 bits per heavy atom. The molecule has 1 heterocycles. The third kappa shape index (κ3) is 3.93. The number of sulfonamides is 1. The van der Waals surface area contributed by atoms with Gasteiger partial charge in [0.25, 0.3) is 0 Å². The van der Waals surface area contributed by atoms with Gasteiger partial charge in [0.05, 0.1) is 5.25 Å². The molecule has 1 atom stereocenters. The van der Waals surface area contributed by atoms with Gasteiger partial charge in [-0.15, -0.1) is 0 Å². The second kappa shape index (κ2) is 6.16. The molecule has 0 radical (unpaired) electrons. The minimum atomic E-state index is -3.08. The largest absolute Gasteiger partial charge is 0.317 e. The lowest BCUT2D eigenvalue weighted by molar-refractivity contribution is 0.462. The molecule has 2 rings (SSSR count). The Morgan fingerprint density at radius 1 is 0.882 bits per heavy atom. The van der Waals surface area contributed by atoms with Gasteiger partial charge in [-0.25, -0.2) is 13.1 Å². The van der Waals surface area contributed by atoms with Gasteiger partial charge in [0.2, 0.25) is 10.0 Å². The van der Waals surface area contributed by atoms with Gasteiger partial charge >= 0.3 is 0 Å². The fraction of sp³-hybridized carbons (Fsp3) is 1.00. The third-order valence-electron chi connectivity index (χ3n) is 3.90. The van der Waals surface area contributed by atoms with Crippen LogP contribution in [0.3, 0.4) is 0 Å². The Morgan fingerprint density at radius 3 is 2.41 bits per heavy atom. The highest BCUT2D eigenvalue weighted by Gasteiger charge is 2.29. The lowest BCUT2D eigenvalue weighted by Gasteiger charge is -2.25. The van der Waals surface area contributed by atoms with Crippen molar-refractivity contribution < 1.29 is 8.42 Å². The van der Waals surface area contributed by atoms with Crippen molar-refractivity contribution in [2.24, 2.45) is 0 Å². The number of rotatable bonds is 3. The molecule has 1 aliphatic carbocycles. The van der Waals surface area contributed by atoms with Crippen molar-refractivity contribution in [2.75, 3.05) is 13.1 Å². The molecule has 1 aliphatic heterocycles. The summed E-state index contributed by atoms with van der Waals surface area (Å²) < 4.78 is 27.4. The topological polar surface area (TPSA) is 58.2 Å². The molecule has 100 valence electrons. The molecule has 2 aliphatic rings. The Bertz CT molecular complexity index is 315. The van der Waals surface area contributed by atoms with Gasteiger partial charge in [0.15, 0.2) is 0 Å². The van der Waals surface area contributed by atoms with E-state index >= 15 is 0 Å². The monoisotopic (exact) mass is 260 g/mol. The van der Waals surface area contributed by atoms with E-state index in [-0.39, 0.29) is 11.3 Å². The van der Waals surface area contributed by atoms with E-state index in [1.807, 2.05) is 0 Å². The minimum Gasteiger partial charge on any atom is -0.317 e. The maximum atomic E-state index is 12.2. The summed E-state index contributed by atoms with van der Waals surface area (Å²) in [4.78, 5) is 0. The van der Waals surface area contributed by atoms with Crippen LogP contribution >= 0.6 is 0 Å². The highest BCUT2D eigenvalue weighted by Crippen LogP contribution is 2.23. The quantitative estimate of drug-likeness (QED) is 0.806. The Kier molecular flexibility index (Phi) is 4.82. The van der Waals surface area contributed by atoms with Gasteiger partial charge < -0.3 is 5.32 Å². The third-order valence-corrected chi connectivity index (χ3v) is 5.91. The Labute approximate surface area is 105 Å². The maximum absolute atomic E-state index is 12.2. The molecule has 1 saturated heterocycles. The average molecular weight is 260 g/mol. The van der Waals surface area contributed by atoms with Gasteiger partial charge in [0, 0.05) is 6.04 Å². The van der Waals surface area contributed by atoms with Crippen molar-refractivity contribution in [3.8, 4) is 0 Å². The summed E-state index contributed by atoms with van der Waals surface area (Å²) in [6.45, 7) is 1.94. The van der Waals surface area contributed by atoms with Crippen molar-refractivity contribution in [3.63, 3.8) is 0 Å². The van der Waals surface area contributed by atoms with Crippen molar-refractivity contribution in [1.29, 1.82) is 0 Å². The van der Waals surface area contributed by atoms with Crippen LogP contribution in [0, 0.1) is 0 Å². The van der Waals surface area contributed by atoms with Crippen LogP contribution in [-0.4, -0.2) is 32.8 Å². The maximum Gasteiger partial charge on any atom is 0.214 e. The van der Waals surface area contributed by atoms with Crippen LogP contribution in [0.2, 0.25) is 0 Å². The van der Waals surface area contributed by atoms with E-state index in [1.54, 1.807) is 0 Å². The van der Waals surface area contributed by atoms with Crippen LogP contribution in [0.15, 0.2) is 0 Å². The predicted molar refractivity (Wildman–Crippen MR) is 69.4 cm³/mol. The first-order chi connectivity index (χ1) is 8.18. The zero-order valence-electron chi connectivity index (χ0n) is 10.5. The van der Waals surface area contributed by atoms with Crippen molar-refractivity contribution in [2.45, 2.75) is 62.7 Å². The first-order valence-corrected chi connectivity index (χ1v) is 8.45. The zero-order valence-corrected chi connectivity index (χ0v) is 11.3. The Hall–Kier alpha value is -0.130. The fourth-order valence-electron chi connectivity index (χ4n) is 2.84. The molecule has 0 aromatic rings. The number of hydrogen-bond donors (Lipinski definition) is 2. The molecule has 5 heteroatoms. The van der Waals surface area contributed by atoms with Crippen molar-refractivity contribution in [1.82, 2.24) is 10.0 Å². The zero-order chi connectivity index (χ0) is 12.1. The van der Waals surface area contributed by atoms with E-state index in [4.69, 9.17) is 0 Å². The Balaban J connectivity index is 1.90. The molecule has 0 aromatic heterocycles. The van der Waals surface area contributed by atoms with E-state index in [1.165, 1.54) is 6.42 Å². The summed E-state index contributed by atoms with van der Waals surface area (Å²) in [5, 5.41) is 3.18. The second-order valence-electron chi connectivity index (χ2n) is 5.30. The van der Waals surface area contributed by atoms with Gasteiger partial charge in [-0.05, 0) is 45.2 Å². The summed E-state index contributed by atoms with van der Waals surface area (Å²) in [7, 11) is -3.08. The lowest BCUT2D eigenvalue weighted by atomic mass is 10.0. The van der Waals surface area contributed by atoms with Crippen LogP contribution in [0.5, 0.6) is 0 Å². The van der Waals surface area contributed by atoms with Gasteiger partial charge in [-0.3, -0.25) is 0 Å². The average Bonchev–Trinajstić information content (AvgIpc) is 2.58. The second-order valence-corrected chi connectivity index (χ2v) is 7.29. The van der Waals surface area contributed by atoms with Crippen LogP contribution in [-0.2, 0) is 10.0 Å². The molecule has 0 bridgehead atoms. The highest BCUT2D eigenvalue weighted by molar-refractivity contribution is 7.90. The molecule has 0 aromatic carbocycles. The minimum absolute atomic E-state index is 0.132. The van der Waals surface area contributed by atoms with E-state index in [0.29, 0.717) is 0 Å². The molecule has 17 heavy (non-hydrogen) atoms. The lowest BCUT2D eigenvalue weighted by Crippen LogP contribution is -2.42. The van der Waals surface area contributed by atoms with Gasteiger partial charge in [-0.1, -0.05) is 19.3 Å². The number of nitrogens with one attached hydrogen (secondary N) is 2. The van der Waals surface area contributed by atoms with E-state index < -0.39 is 10.0 Å². The smallest absolute Gasteiger partial charge is 0.214 e. The van der Waals surface area contributed by atoms with Gasteiger partial charge in [0.1, 0.15) is 0 Å². The molecule has 1 unspecified atom stereocenters. The molecule has 1 saturated carbocycles. The van der Waals surface area contributed by atoms with Crippen LogP contribution < -0.4 is 10.0 Å².